The van der Waals surface area contributed by atoms with E-state index in [1.54, 1.807) is 0 Å². The van der Waals surface area contributed by atoms with Gasteiger partial charge in [0.2, 0.25) is 0 Å². The van der Waals surface area contributed by atoms with Crippen LogP contribution in [0.1, 0.15) is 59.3 Å². The lowest BCUT2D eigenvalue weighted by Crippen LogP contribution is -2.39. The third-order valence-electron chi connectivity index (χ3n) is 3.67. The molecule has 0 aliphatic heterocycles. The minimum Gasteiger partial charge on any atom is -0.466 e. The van der Waals surface area contributed by atoms with Gasteiger partial charge in [-0.15, -0.1) is 0 Å². The van der Waals surface area contributed by atoms with Crippen LogP contribution in [0.4, 0.5) is 0 Å². The van der Waals surface area contributed by atoms with Gasteiger partial charge in [0.05, 0.1) is 18.1 Å². The van der Waals surface area contributed by atoms with E-state index in [1.807, 2.05) is 6.92 Å². The first-order valence-electron chi connectivity index (χ1n) is 6.98. The van der Waals surface area contributed by atoms with Gasteiger partial charge in [0.1, 0.15) is 0 Å². The second-order valence-corrected chi connectivity index (χ2v) is 4.89. The number of carbonyl (C=O) groups excluding carboxylic acids is 1. The maximum atomic E-state index is 11.7. The van der Waals surface area contributed by atoms with Crippen molar-refractivity contribution in [2.75, 3.05) is 13.2 Å². The fourth-order valence-corrected chi connectivity index (χ4v) is 2.87. The summed E-state index contributed by atoms with van der Waals surface area (Å²) in [4.78, 5) is 11.7. The van der Waals surface area contributed by atoms with Gasteiger partial charge in [-0.25, -0.2) is 0 Å². The Balaban J connectivity index is 2.48. The van der Waals surface area contributed by atoms with Gasteiger partial charge in [0.15, 0.2) is 0 Å². The quantitative estimate of drug-likeness (QED) is 0.670. The van der Waals surface area contributed by atoms with Crippen LogP contribution in [-0.2, 0) is 14.3 Å². The fraction of sp³-hybridized carbons (Fsp3) is 0.929. The molecule has 1 saturated carbocycles. The number of carbonyl (C=O) groups is 1. The molecule has 3 heteroatoms. The standard InChI is InChI=1S/C14H26O3/c1-4-9-14(17-6-3)10-7-12(8-11-14)13(15)16-5-2/h12H,4-11H2,1-3H3. The van der Waals surface area contributed by atoms with Gasteiger partial charge in [0.25, 0.3) is 0 Å². The summed E-state index contributed by atoms with van der Waals surface area (Å²) >= 11 is 0. The van der Waals surface area contributed by atoms with Crippen LogP contribution < -0.4 is 0 Å². The molecule has 0 aromatic carbocycles. The fourth-order valence-electron chi connectivity index (χ4n) is 2.87. The Morgan fingerprint density at radius 2 is 1.82 bits per heavy atom. The summed E-state index contributed by atoms with van der Waals surface area (Å²) in [5.41, 5.74) is 0.0342. The van der Waals surface area contributed by atoms with Gasteiger partial charge in [-0.3, -0.25) is 4.79 Å². The van der Waals surface area contributed by atoms with Crippen LogP contribution in [0.3, 0.4) is 0 Å². The summed E-state index contributed by atoms with van der Waals surface area (Å²) in [6.07, 6.45) is 6.08. The summed E-state index contributed by atoms with van der Waals surface area (Å²) < 4.78 is 11.0. The van der Waals surface area contributed by atoms with Gasteiger partial charge in [-0.2, -0.15) is 0 Å². The summed E-state index contributed by atoms with van der Waals surface area (Å²) in [5.74, 6) is 0.0782. The highest BCUT2D eigenvalue weighted by atomic mass is 16.5. The molecule has 0 unspecified atom stereocenters. The van der Waals surface area contributed by atoms with Crippen molar-refractivity contribution in [2.24, 2.45) is 5.92 Å². The number of rotatable bonds is 6. The normalized spacial score (nSPS) is 29.0. The molecule has 0 radical (unpaired) electrons. The largest absolute Gasteiger partial charge is 0.466 e. The zero-order valence-electron chi connectivity index (χ0n) is 11.5. The Kier molecular flexibility index (Phi) is 5.96. The Labute approximate surface area is 105 Å². The molecule has 0 atom stereocenters. The van der Waals surface area contributed by atoms with Gasteiger partial charge >= 0.3 is 5.97 Å². The van der Waals surface area contributed by atoms with Crippen molar-refractivity contribution in [3.63, 3.8) is 0 Å². The molecule has 0 aromatic rings. The van der Waals surface area contributed by atoms with Crippen LogP contribution in [0, 0.1) is 5.92 Å². The van der Waals surface area contributed by atoms with E-state index >= 15 is 0 Å². The van der Waals surface area contributed by atoms with Crippen LogP contribution >= 0.6 is 0 Å². The molecule has 0 spiro atoms. The Bertz CT molecular complexity index is 222. The topological polar surface area (TPSA) is 35.5 Å². The molecule has 1 rings (SSSR count). The zero-order valence-corrected chi connectivity index (χ0v) is 11.5. The molecule has 0 N–H and O–H groups in total. The lowest BCUT2D eigenvalue weighted by atomic mass is 9.76. The van der Waals surface area contributed by atoms with Crippen molar-refractivity contribution in [3.8, 4) is 0 Å². The molecule has 1 aliphatic carbocycles. The van der Waals surface area contributed by atoms with Gasteiger partial charge in [-0.05, 0) is 46.0 Å². The molecule has 0 heterocycles. The first-order valence-corrected chi connectivity index (χ1v) is 6.98. The average molecular weight is 242 g/mol. The van der Waals surface area contributed by atoms with E-state index < -0.39 is 0 Å². The van der Waals surface area contributed by atoms with Gasteiger partial charge < -0.3 is 9.47 Å². The van der Waals surface area contributed by atoms with E-state index in [-0.39, 0.29) is 17.5 Å². The Morgan fingerprint density at radius 1 is 1.18 bits per heavy atom. The smallest absolute Gasteiger partial charge is 0.308 e. The number of hydrogen-bond donors (Lipinski definition) is 0. The Morgan fingerprint density at radius 3 is 2.29 bits per heavy atom. The first kappa shape index (κ1) is 14.5. The highest BCUT2D eigenvalue weighted by molar-refractivity contribution is 5.72. The highest BCUT2D eigenvalue weighted by Gasteiger charge is 2.37. The third-order valence-corrected chi connectivity index (χ3v) is 3.67. The van der Waals surface area contributed by atoms with E-state index in [2.05, 4.69) is 13.8 Å². The van der Waals surface area contributed by atoms with Crippen molar-refractivity contribution >= 4 is 5.97 Å². The van der Waals surface area contributed by atoms with Crippen molar-refractivity contribution in [2.45, 2.75) is 64.9 Å². The monoisotopic (exact) mass is 242 g/mol. The maximum absolute atomic E-state index is 11.7. The van der Waals surface area contributed by atoms with Crippen LogP contribution in [0.15, 0.2) is 0 Å². The highest BCUT2D eigenvalue weighted by Crippen LogP contribution is 2.38. The average Bonchev–Trinajstić information content (AvgIpc) is 2.31. The maximum Gasteiger partial charge on any atom is 0.308 e. The second kappa shape index (κ2) is 7.00. The van der Waals surface area contributed by atoms with E-state index in [0.29, 0.717) is 6.61 Å². The van der Waals surface area contributed by atoms with Crippen LogP contribution in [0.25, 0.3) is 0 Å². The third kappa shape index (κ3) is 3.98. The lowest BCUT2D eigenvalue weighted by molar-refractivity contribution is -0.152. The van der Waals surface area contributed by atoms with E-state index in [1.165, 1.54) is 0 Å². The zero-order chi connectivity index (χ0) is 12.7. The molecule has 100 valence electrons. The van der Waals surface area contributed by atoms with Crippen LogP contribution in [0.5, 0.6) is 0 Å². The molecule has 0 aromatic heterocycles. The van der Waals surface area contributed by atoms with Crippen molar-refractivity contribution in [1.29, 1.82) is 0 Å². The van der Waals surface area contributed by atoms with E-state index in [0.717, 1.165) is 45.1 Å². The van der Waals surface area contributed by atoms with Crippen LogP contribution in [0.2, 0.25) is 0 Å². The molecule has 1 fully saturated rings. The van der Waals surface area contributed by atoms with Crippen molar-refractivity contribution < 1.29 is 14.3 Å². The van der Waals surface area contributed by atoms with Gasteiger partial charge in [-0.1, -0.05) is 13.3 Å². The predicted molar refractivity (Wildman–Crippen MR) is 67.9 cm³/mol. The lowest BCUT2D eigenvalue weighted by Gasteiger charge is -2.39. The van der Waals surface area contributed by atoms with Crippen LogP contribution in [-0.4, -0.2) is 24.8 Å². The molecule has 3 nitrogen and oxygen atoms in total. The summed E-state index contributed by atoms with van der Waals surface area (Å²) in [7, 11) is 0. The van der Waals surface area contributed by atoms with E-state index in [9.17, 15) is 4.79 Å². The SMILES string of the molecule is CCCC1(OCC)CCC(C(=O)OCC)CC1. The molecular weight excluding hydrogens is 216 g/mol. The second-order valence-electron chi connectivity index (χ2n) is 4.89. The minimum absolute atomic E-state index is 0.0194. The molecule has 1 aliphatic rings. The molecule has 0 bridgehead atoms. The predicted octanol–water partition coefficient (Wildman–Crippen LogP) is 3.32. The number of ether oxygens (including phenoxy) is 2. The summed E-state index contributed by atoms with van der Waals surface area (Å²) in [6.45, 7) is 7.36. The summed E-state index contributed by atoms with van der Waals surface area (Å²) in [5, 5.41) is 0. The Hall–Kier alpha value is -0.570. The number of esters is 1. The molecular formula is C14H26O3. The van der Waals surface area contributed by atoms with E-state index in [4.69, 9.17) is 9.47 Å². The van der Waals surface area contributed by atoms with Gasteiger partial charge in [0, 0.05) is 6.61 Å². The van der Waals surface area contributed by atoms with Crippen molar-refractivity contribution in [3.05, 3.63) is 0 Å². The summed E-state index contributed by atoms with van der Waals surface area (Å²) in [6, 6.07) is 0. The molecule has 0 amide bonds. The minimum atomic E-state index is -0.0194. The molecule has 17 heavy (non-hydrogen) atoms. The number of hydrogen-bond acceptors (Lipinski definition) is 3. The molecule has 0 saturated heterocycles. The van der Waals surface area contributed by atoms with Crippen molar-refractivity contribution in [1.82, 2.24) is 0 Å². The first-order chi connectivity index (χ1) is 8.17.